The van der Waals surface area contributed by atoms with Crippen molar-refractivity contribution in [2.75, 3.05) is 0 Å². The summed E-state index contributed by atoms with van der Waals surface area (Å²) in [7, 11) is 0. The zero-order valence-electron chi connectivity index (χ0n) is 13.4. The maximum atomic E-state index is 12.2. The number of carbonyl (C=O) groups excluding carboxylic acids is 1. The number of esters is 1. The molecule has 0 amide bonds. The van der Waals surface area contributed by atoms with E-state index in [0.717, 1.165) is 37.5 Å². The summed E-state index contributed by atoms with van der Waals surface area (Å²) in [5.74, 6) is 2.00. The van der Waals surface area contributed by atoms with Gasteiger partial charge in [0, 0.05) is 0 Å². The Morgan fingerprint density at radius 2 is 1.65 bits per heavy atom. The lowest BCUT2D eigenvalue weighted by atomic mass is 9.80. The second-order valence-corrected chi connectivity index (χ2v) is 7.18. The van der Waals surface area contributed by atoms with Crippen LogP contribution >= 0.6 is 0 Å². The summed E-state index contributed by atoms with van der Waals surface area (Å²) in [5.41, 5.74) is 0. The summed E-state index contributed by atoms with van der Waals surface area (Å²) in [6.07, 6.45) is 13.4. The average Bonchev–Trinajstić information content (AvgIpc) is 2.48. The van der Waals surface area contributed by atoms with Gasteiger partial charge in [-0.3, -0.25) is 4.79 Å². The molecule has 0 saturated heterocycles. The molecule has 116 valence electrons. The van der Waals surface area contributed by atoms with Gasteiger partial charge in [-0.25, -0.2) is 0 Å². The van der Waals surface area contributed by atoms with Crippen LogP contribution in [-0.2, 0) is 9.53 Å². The molecule has 20 heavy (non-hydrogen) atoms. The zero-order valence-corrected chi connectivity index (χ0v) is 13.4. The van der Waals surface area contributed by atoms with Gasteiger partial charge in [0.05, 0.1) is 5.92 Å². The summed E-state index contributed by atoms with van der Waals surface area (Å²) >= 11 is 0. The topological polar surface area (TPSA) is 26.3 Å². The number of unbranched alkanes of at least 4 members (excludes halogenated alkanes) is 1. The Morgan fingerprint density at radius 3 is 2.25 bits per heavy atom. The van der Waals surface area contributed by atoms with Gasteiger partial charge in [0.1, 0.15) is 6.10 Å². The lowest BCUT2D eigenvalue weighted by Gasteiger charge is -2.30. The Morgan fingerprint density at radius 1 is 1.00 bits per heavy atom. The molecule has 0 spiro atoms. The number of ether oxygens (including phenoxy) is 1. The maximum absolute atomic E-state index is 12.2. The second-order valence-electron chi connectivity index (χ2n) is 7.18. The van der Waals surface area contributed by atoms with Crippen molar-refractivity contribution in [3.63, 3.8) is 0 Å². The summed E-state index contributed by atoms with van der Waals surface area (Å²) in [5, 5.41) is 0. The molecule has 0 N–H and O–H groups in total. The van der Waals surface area contributed by atoms with Gasteiger partial charge in [0.15, 0.2) is 0 Å². The second kappa shape index (κ2) is 8.05. The molecule has 2 heteroatoms. The first kappa shape index (κ1) is 15.9. The Bertz CT molecular complexity index is 284. The third kappa shape index (κ3) is 4.79. The van der Waals surface area contributed by atoms with Gasteiger partial charge in [-0.05, 0) is 63.2 Å². The molecule has 0 aliphatic heterocycles. The van der Waals surface area contributed by atoms with Crippen LogP contribution in [0.25, 0.3) is 0 Å². The first-order valence-electron chi connectivity index (χ1n) is 8.89. The normalized spacial score (nSPS) is 34.7. The van der Waals surface area contributed by atoms with E-state index in [9.17, 15) is 4.79 Å². The van der Waals surface area contributed by atoms with Crippen molar-refractivity contribution in [1.29, 1.82) is 0 Å². The molecule has 0 aromatic carbocycles. The van der Waals surface area contributed by atoms with Gasteiger partial charge in [-0.2, -0.15) is 0 Å². The summed E-state index contributed by atoms with van der Waals surface area (Å²) < 4.78 is 5.76. The third-order valence-electron chi connectivity index (χ3n) is 5.39. The summed E-state index contributed by atoms with van der Waals surface area (Å²) in [4.78, 5) is 12.2. The van der Waals surface area contributed by atoms with Crippen LogP contribution in [0.2, 0.25) is 0 Å². The molecule has 2 aliphatic rings. The van der Waals surface area contributed by atoms with E-state index in [2.05, 4.69) is 13.8 Å². The SMILES string of the molecule is CCCCC1CCC(C(=O)OC2CCC(C)CC2)CC1. The van der Waals surface area contributed by atoms with Crippen LogP contribution in [0, 0.1) is 17.8 Å². The van der Waals surface area contributed by atoms with Crippen LogP contribution in [0.4, 0.5) is 0 Å². The zero-order chi connectivity index (χ0) is 14.4. The molecule has 0 aromatic rings. The highest BCUT2D eigenvalue weighted by molar-refractivity contribution is 5.72. The molecule has 0 aromatic heterocycles. The van der Waals surface area contributed by atoms with Crippen molar-refractivity contribution < 1.29 is 9.53 Å². The maximum Gasteiger partial charge on any atom is 0.309 e. The molecule has 0 heterocycles. The smallest absolute Gasteiger partial charge is 0.309 e. The van der Waals surface area contributed by atoms with E-state index in [4.69, 9.17) is 4.74 Å². The highest BCUT2D eigenvalue weighted by Crippen LogP contribution is 2.33. The van der Waals surface area contributed by atoms with Crippen molar-refractivity contribution in [3.05, 3.63) is 0 Å². The van der Waals surface area contributed by atoms with Crippen molar-refractivity contribution in [3.8, 4) is 0 Å². The standard InChI is InChI=1S/C18H32O2/c1-3-4-5-15-8-10-16(11-9-15)18(19)20-17-12-6-14(2)7-13-17/h14-17H,3-13H2,1-2H3. The minimum absolute atomic E-state index is 0.110. The lowest BCUT2D eigenvalue weighted by Crippen LogP contribution is -2.29. The van der Waals surface area contributed by atoms with E-state index in [1.807, 2.05) is 0 Å². The molecule has 2 fully saturated rings. The molecule has 0 unspecified atom stereocenters. The van der Waals surface area contributed by atoms with Crippen molar-refractivity contribution in [1.82, 2.24) is 0 Å². The van der Waals surface area contributed by atoms with Gasteiger partial charge in [0.25, 0.3) is 0 Å². The minimum Gasteiger partial charge on any atom is -0.462 e. The van der Waals surface area contributed by atoms with Gasteiger partial charge in [-0.15, -0.1) is 0 Å². The van der Waals surface area contributed by atoms with Crippen LogP contribution < -0.4 is 0 Å². The third-order valence-corrected chi connectivity index (χ3v) is 5.39. The van der Waals surface area contributed by atoms with Crippen LogP contribution in [0.5, 0.6) is 0 Å². The Hall–Kier alpha value is -0.530. The highest BCUT2D eigenvalue weighted by atomic mass is 16.5. The van der Waals surface area contributed by atoms with E-state index < -0.39 is 0 Å². The molecular formula is C18H32O2. The predicted molar refractivity (Wildman–Crippen MR) is 82.5 cm³/mol. The average molecular weight is 280 g/mol. The van der Waals surface area contributed by atoms with Crippen LogP contribution in [-0.4, -0.2) is 12.1 Å². The number of hydrogen-bond acceptors (Lipinski definition) is 2. The Balaban J connectivity index is 1.66. The van der Waals surface area contributed by atoms with E-state index in [1.165, 1.54) is 44.9 Å². The number of hydrogen-bond donors (Lipinski definition) is 0. The largest absolute Gasteiger partial charge is 0.462 e. The van der Waals surface area contributed by atoms with E-state index in [1.54, 1.807) is 0 Å². The fourth-order valence-electron chi connectivity index (χ4n) is 3.79. The quantitative estimate of drug-likeness (QED) is 0.654. The van der Waals surface area contributed by atoms with Gasteiger partial charge in [-0.1, -0.05) is 33.1 Å². The van der Waals surface area contributed by atoms with Gasteiger partial charge >= 0.3 is 5.97 Å². The summed E-state index contributed by atoms with van der Waals surface area (Å²) in [6.45, 7) is 4.56. The van der Waals surface area contributed by atoms with Crippen LogP contribution in [0.3, 0.4) is 0 Å². The fourth-order valence-corrected chi connectivity index (χ4v) is 3.79. The van der Waals surface area contributed by atoms with Crippen molar-refractivity contribution >= 4 is 5.97 Å². The van der Waals surface area contributed by atoms with Gasteiger partial charge in [0.2, 0.25) is 0 Å². The Labute approximate surface area is 124 Å². The molecule has 2 rings (SSSR count). The molecule has 0 bridgehead atoms. The first-order valence-corrected chi connectivity index (χ1v) is 8.89. The molecule has 0 atom stereocenters. The molecule has 2 aliphatic carbocycles. The molecular weight excluding hydrogens is 248 g/mol. The molecule has 2 saturated carbocycles. The van der Waals surface area contributed by atoms with Crippen molar-refractivity contribution in [2.45, 2.75) is 90.6 Å². The fraction of sp³-hybridized carbons (Fsp3) is 0.944. The first-order chi connectivity index (χ1) is 9.69. The van der Waals surface area contributed by atoms with Crippen molar-refractivity contribution in [2.24, 2.45) is 17.8 Å². The van der Waals surface area contributed by atoms with E-state index in [-0.39, 0.29) is 18.0 Å². The minimum atomic E-state index is 0.110. The number of carbonyl (C=O) groups is 1. The van der Waals surface area contributed by atoms with E-state index in [0.29, 0.717) is 0 Å². The predicted octanol–water partition coefficient (Wildman–Crippen LogP) is 5.10. The van der Waals surface area contributed by atoms with E-state index >= 15 is 0 Å². The monoisotopic (exact) mass is 280 g/mol. The lowest BCUT2D eigenvalue weighted by molar-refractivity contribution is -0.157. The summed E-state index contributed by atoms with van der Waals surface area (Å²) in [6, 6.07) is 0. The molecule has 0 radical (unpaired) electrons. The Kier molecular flexibility index (Phi) is 6.38. The number of rotatable bonds is 5. The van der Waals surface area contributed by atoms with Gasteiger partial charge < -0.3 is 4.74 Å². The van der Waals surface area contributed by atoms with Crippen LogP contribution in [0.15, 0.2) is 0 Å². The molecule has 2 nitrogen and oxygen atoms in total. The van der Waals surface area contributed by atoms with Crippen LogP contribution in [0.1, 0.15) is 84.5 Å². The highest BCUT2D eigenvalue weighted by Gasteiger charge is 2.29.